The van der Waals surface area contributed by atoms with Crippen molar-refractivity contribution in [3.63, 3.8) is 0 Å². The van der Waals surface area contributed by atoms with E-state index in [1.165, 1.54) is 31.5 Å². The molecule has 0 saturated heterocycles. The van der Waals surface area contributed by atoms with Gasteiger partial charge in [0.1, 0.15) is 13.2 Å². The molecule has 0 radical (unpaired) electrons. The number of halogens is 2. The summed E-state index contributed by atoms with van der Waals surface area (Å²) in [5, 5.41) is 2.93. The minimum absolute atomic E-state index is 0.114. The maximum atomic E-state index is 12.3. The Morgan fingerprint density at radius 2 is 2.00 bits per heavy atom. The summed E-state index contributed by atoms with van der Waals surface area (Å²) in [7, 11) is 1.44. The molecule has 0 aliphatic carbocycles. The van der Waals surface area contributed by atoms with Crippen LogP contribution in [0.25, 0.3) is 0 Å². The van der Waals surface area contributed by atoms with Crippen molar-refractivity contribution in [3.05, 3.63) is 40.0 Å². The standard InChI is InChI=1S/C17H14Cl2N2O6/c1-24-12-4-9(5-13-15(12)26-3-2-25-13)17(23)27-8-14(22)21-16-11(19)6-10(18)7-20-16/h4-7H,2-3,8H2,1H3,(H,20,21,22). The fourth-order valence-corrected chi connectivity index (χ4v) is 2.71. The zero-order valence-electron chi connectivity index (χ0n) is 14.1. The number of ether oxygens (including phenoxy) is 4. The summed E-state index contributed by atoms with van der Waals surface area (Å²) in [5.41, 5.74) is 0.159. The molecule has 0 atom stereocenters. The van der Waals surface area contributed by atoms with Crippen molar-refractivity contribution in [2.75, 3.05) is 32.2 Å². The molecule has 2 heterocycles. The molecule has 1 aromatic carbocycles. The first-order valence-corrected chi connectivity index (χ1v) is 8.49. The number of anilines is 1. The van der Waals surface area contributed by atoms with Crippen LogP contribution in [0, 0.1) is 0 Å². The normalized spacial score (nSPS) is 12.3. The monoisotopic (exact) mass is 412 g/mol. The van der Waals surface area contributed by atoms with Gasteiger partial charge in [0.2, 0.25) is 5.75 Å². The van der Waals surface area contributed by atoms with Crippen LogP contribution in [0.3, 0.4) is 0 Å². The topological polar surface area (TPSA) is 96.0 Å². The van der Waals surface area contributed by atoms with Gasteiger partial charge in [-0.2, -0.15) is 0 Å². The third kappa shape index (κ3) is 4.53. The largest absolute Gasteiger partial charge is 0.493 e. The highest BCUT2D eigenvalue weighted by Gasteiger charge is 2.22. The van der Waals surface area contributed by atoms with Crippen molar-refractivity contribution in [1.82, 2.24) is 4.98 Å². The minimum Gasteiger partial charge on any atom is -0.493 e. The molecule has 1 aliphatic heterocycles. The Labute approximate surface area is 164 Å². The summed E-state index contributed by atoms with van der Waals surface area (Å²) < 4.78 is 21.1. The average Bonchev–Trinajstić information content (AvgIpc) is 2.67. The first-order valence-electron chi connectivity index (χ1n) is 7.73. The van der Waals surface area contributed by atoms with Crippen molar-refractivity contribution in [2.45, 2.75) is 0 Å². The van der Waals surface area contributed by atoms with Crippen molar-refractivity contribution in [1.29, 1.82) is 0 Å². The molecule has 10 heteroatoms. The number of nitrogens with zero attached hydrogens (tertiary/aromatic N) is 1. The average molecular weight is 413 g/mol. The highest BCUT2D eigenvalue weighted by atomic mass is 35.5. The van der Waals surface area contributed by atoms with Gasteiger partial charge in [0.25, 0.3) is 5.91 Å². The second-order valence-electron chi connectivity index (χ2n) is 5.31. The Bertz CT molecular complexity index is 873. The van der Waals surface area contributed by atoms with Gasteiger partial charge < -0.3 is 24.3 Å². The first-order chi connectivity index (χ1) is 13.0. The van der Waals surface area contributed by atoms with E-state index in [4.69, 9.17) is 42.1 Å². The van der Waals surface area contributed by atoms with Gasteiger partial charge in [-0.15, -0.1) is 0 Å². The molecule has 1 aromatic heterocycles. The molecule has 142 valence electrons. The quantitative estimate of drug-likeness (QED) is 0.753. The number of carbonyl (C=O) groups excluding carboxylic acids is 2. The summed E-state index contributed by atoms with van der Waals surface area (Å²) in [6.07, 6.45) is 1.33. The van der Waals surface area contributed by atoms with Crippen LogP contribution in [-0.2, 0) is 9.53 Å². The van der Waals surface area contributed by atoms with Gasteiger partial charge in [0.15, 0.2) is 23.9 Å². The molecule has 0 saturated carbocycles. The third-order valence-corrected chi connectivity index (χ3v) is 3.96. The number of hydrogen-bond acceptors (Lipinski definition) is 7. The molecule has 1 aliphatic rings. The number of esters is 1. The lowest BCUT2D eigenvalue weighted by Gasteiger charge is -2.21. The number of aromatic nitrogens is 1. The predicted molar refractivity (Wildman–Crippen MR) is 97.2 cm³/mol. The molecule has 1 N–H and O–H groups in total. The number of nitrogens with one attached hydrogen (secondary N) is 1. The van der Waals surface area contributed by atoms with E-state index in [2.05, 4.69) is 10.3 Å². The Balaban J connectivity index is 1.64. The van der Waals surface area contributed by atoms with Crippen LogP contribution in [0.2, 0.25) is 10.0 Å². The highest BCUT2D eigenvalue weighted by Crippen LogP contribution is 2.40. The molecule has 8 nitrogen and oxygen atoms in total. The lowest BCUT2D eigenvalue weighted by Crippen LogP contribution is -2.22. The number of carbonyl (C=O) groups is 2. The number of fused-ring (bicyclic) bond motifs is 1. The van der Waals surface area contributed by atoms with E-state index in [0.29, 0.717) is 35.5 Å². The van der Waals surface area contributed by atoms with Gasteiger partial charge in [-0.1, -0.05) is 23.2 Å². The number of rotatable bonds is 5. The van der Waals surface area contributed by atoms with Gasteiger partial charge in [-0.05, 0) is 18.2 Å². The van der Waals surface area contributed by atoms with E-state index in [-0.39, 0.29) is 16.4 Å². The molecule has 1 amide bonds. The SMILES string of the molecule is COc1cc(C(=O)OCC(=O)Nc2ncc(Cl)cc2Cl)cc2c1OCCO2. The molecule has 0 bridgehead atoms. The number of benzene rings is 1. The Hall–Kier alpha value is -2.71. The summed E-state index contributed by atoms with van der Waals surface area (Å²) in [5.74, 6) is -0.0975. The second kappa shape index (κ2) is 8.32. The number of methoxy groups -OCH3 is 1. The second-order valence-corrected chi connectivity index (χ2v) is 6.15. The molecular formula is C17H14Cl2N2O6. The fraction of sp³-hybridized carbons (Fsp3) is 0.235. The van der Waals surface area contributed by atoms with E-state index < -0.39 is 18.5 Å². The van der Waals surface area contributed by atoms with Crippen LogP contribution in [-0.4, -0.2) is 43.8 Å². The Kier molecular flexibility index (Phi) is 5.88. The van der Waals surface area contributed by atoms with Crippen LogP contribution in [0.1, 0.15) is 10.4 Å². The molecule has 2 aromatic rings. The first kappa shape index (κ1) is 19.1. The van der Waals surface area contributed by atoms with E-state index in [0.717, 1.165) is 0 Å². The van der Waals surface area contributed by atoms with Crippen LogP contribution < -0.4 is 19.5 Å². The van der Waals surface area contributed by atoms with Gasteiger partial charge in [0, 0.05) is 6.20 Å². The number of hydrogen-bond donors (Lipinski definition) is 1. The fourth-order valence-electron chi connectivity index (χ4n) is 2.28. The third-order valence-electron chi connectivity index (χ3n) is 3.46. The maximum absolute atomic E-state index is 12.3. The van der Waals surface area contributed by atoms with E-state index in [1.54, 1.807) is 0 Å². The van der Waals surface area contributed by atoms with Gasteiger partial charge in [-0.3, -0.25) is 4.79 Å². The van der Waals surface area contributed by atoms with Crippen molar-refractivity contribution >= 4 is 40.9 Å². The van der Waals surface area contributed by atoms with Crippen molar-refractivity contribution in [3.8, 4) is 17.2 Å². The van der Waals surface area contributed by atoms with Crippen molar-refractivity contribution < 1.29 is 28.5 Å². The number of amides is 1. The Morgan fingerprint density at radius 1 is 1.22 bits per heavy atom. The summed E-state index contributed by atoms with van der Waals surface area (Å²) >= 11 is 11.7. The van der Waals surface area contributed by atoms with Gasteiger partial charge in [-0.25, -0.2) is 9.78 Å². The zero-order chi connectivity index (χ0) is 19.4. The minimum atomic E-state index is -0.726. The summed E-state index contributed by atoms with van der Waals surface area (Å²) in [6.45, 7) is 0.205. The maximum Gasteiger partial charge on any atom is 0.338 e. The summed E-state index contributed by atoms with van der Waals surface area (Å²) in [6, 6.07) is 4.35. The zero-order valence-corrected chi connectivity index (χ0v) is 15.6. The van der Waals surface area contributed by atoms with Crippen LogP contribution >= 0.6 is 23.2 Å². The van der Waals surface area contributed by atoms with Crippen LogP contribution in [0.5, 0.6) is 17.2 Å². The van der Waals surface area contributed by atoms with Gasteiger partial charge >= 0.3 is 5.97 Å². The van der Waals surface area contributed by atoms with Crippen LogP contribution in [0.15, 0.2) is 24.4 Å². The molecular weight excluding hydrogens is 399 g/mol. The van der Waals surface area contributed by atoms with Gasteiger partial charge in [0.05, 0.1) is 22.7 Å². The summed E-state index contributed by atoms with van der Waals surface area (Å²) in [4.78, 5) is 28.1. The highest BCUT2D eigenvalue weighted by molar-refractivity contribution is 6.36. The molecule has 27 heavy (non-hydrogen) atoms. The lowest BCUT2D eigenvalue weighted by molar-refractivity contribution is -0.119. The lowest BCUT2D eigenvalue weighted by atomic mass is 10.1. The van der Waals surface area contributed by atoms with Crippen molar-refractivity contribution in [2.24, 2.45) is 0 Å². The smallest absolute Gasteiger partial charge is 0.338 e. The van der Waals surface area contributed by atoms with E-state index >= 15 is 0 Å². The number of pyridine rings is 1. The molecule has 0 unspecified atom stereocenters. The molecule has 3 rings (SSSR count). The molecule has 0 spiro atoms. The van der Waals surface area contributed by atoms with E-state index in [9.17, 15) is 9.59 Å². The Morgan fingerprint density at radius 3 is 2.74 bits per heavy atom. The molecule has 0 fully saturated rings. The van der Waals surface area contributed by atoms with E-state index in [1.807, 2.05) is 0 Å². The van der Waals surface area contributed by atoms with Crippen LogP contribution in [0.4, 0.5) is 5.82 Å². The predicted octanol–water partition coefficient (Wildman–Crippen LogP) is 2.96.